The number of halogens is 1. The van der Waals surface area contributed by atoms with Crippen molar-refractivity contribution >= 4 is 24.2 Å². The highest BCUT2D eigenvalue weighted by Gasteiger charge is 2.08. The summed E-state index contributed by atoms with van der Waals surface area (Å²) < 4.78 is 0. The van der Waals surface area contributed by atoms with Crippen molar-refractivity contribution in [1.29, 1.82) is 0 Å². The average molecular weight is 168 g/mol. The fourth-order valence-corrected chi connectivity index (χ4v) is 1.95. The Hall–Kier alpha value is 0.600. The van der Waals surface area contributed by atoms with Gasteiger partial charge in [0.25, 0.3) is 0 Å². The zero-order chi connectivity index (χ0) is 5.82. The standard InChI is InChI=1S/C6H13NS.ClH/c1-2-6-7-4-3-5-8-6;/h6-7H,2-5H2,1H3;1H. The first-order valence-corrected chi connectivity index (χ1v) is 4.33. The fourth-order valence-electron chi connectivity index (χ4n) is 0.882. The predicted molar refractivity (Wildman–Crippen MR) is 46.4 cm³/mol. The van der Waals surface area contributed by atoms with Crippen LogP contribution in [0.4, 0.5) is 0 Å². The summed E-state index contributed by atoms with van der Waals surface area (Å²) in [7, 11) is 0. The molecule has 9 heavy (non-hydrogen) atoms. The van der Waals surface area contributed by atoms with Crippen LogP contribution in [0.25, 0.3) is 0 Å². The Morgan fingerprint density at radius 3 is 2.78 bits per heavy atom. The lowest BCUT2D eigenvalue weighted by Gasteiger charge is -2.20. The van der Waals surface area contributed by atoms with Crippen molar-refractivity contribution in [3.05, 3.63) is 0 Å². The number of rotatable bonds is 1. The fraction of sp³-hybridized carbons (Fsp3) is 1.00. The van der Waals surface area contributed by atoms with E-state index in [1.54, 1.807) is 0 Å². The second kappa shape index (κ2) is 5.39. The minimum absolute atomic E-state index is 0. The zero-order valence-electron chi connectivity index (χ0n) is 5.72. The smallest absolute Gasteiger partial charge is 0.0529 e. The first-order valence-electron chi connectivity index (χ1n) is 3.28. The second-order valence-corrected chi connectivity index (χ2v) is 3.39. The lowest BCUT2D eigenvalue weighted by Crippen LogP contribution is -2.30. The molecule has 3 heteroatoms. The number of hydrogen-bond donors (Lipinski definition) is 1. The van der Waals surface area contributed by atoms with E-state index >= 15 is 0 Å². The van der Waals surface area contributed by atoms with Crippen molar-refractivity contribution in [2.24, 2.45) is 0 Å². The maximum atomic E-state index is 3.43. The molecule has 0 aromatic carbocycles. The maximum absolute atomic E-state index is 3.43. The summed E-state index contributed by atoms with van der Waals surface area (Å²) >= 11 is 2.05. The summed E-state index contributed by atoms with van der Waals surface area (Å²) in [5.74, 6) is 1.35. The van der Waals surface area contributed by atoms with E-state index in [-0.39, 0.29) is 12.4 Å². The van der Waals surface area contributed by atoms with Crippen LogP contribution < -0.4 is 5.32 Å². The van der Waals surface area contributed by atoms with Crippen molar-refractivity contribution in [2.75, 3.05) is 12.3 Å². The SMILES string of the molecule is CCC1NCCCS1.Cl. The molecule has 0 bridgehead atoms. The maximum Gasteiger partial charge on any atom is 0.0529 e. The molecule has 0 saturated carbocycles. The number of nitrogens with one attached hydrogen (secondary N) is 1. The van der Waals surface area contributed by atoms with Crippen LogP contribution in [-0.2, 0) is 0 Å². The highest BCUT2D eigenvalue weighted by atomic mass is 35.5. The summed E-state index contributed by atoms with van der Waals surface area (Å²) in [6.45, 7) is 3.46. The molecule has 1 aliphatic heterocycles. The van der Waals surface area contributed by atoms with Gasteiger partial charge in [0.15, 0.2) is 0 Å². The van der Waals surface area contributed by atoms with Gasteiger partial charge in [0.05, 0.1) is 5.37 Å². The molecule has 1 saturated heterocycles. The molecule has 1 unspecified atom stereocenters. The third kappa shape index (κ3) is 3.33. The first kappa shape index (κ1) is 9.60. The van der Waals surface area contributed by atoms with Crippen molar-refractivity contribution in [3.8, 4) is 0 Å². The van der Waals surface area contributed by atoms with Gasteiger partial charge in [-0.15, -0.1) is 24.2 Å². The van der Waals surface area contributed by atoms with Crippen molar-refractivity contribution in [1.82, 2.24) is 5.32 Å². The Labute approximate surface area is 67.4 Å². The van der Waals surface area contributed by atoms with Crippen LogP contribution in [0.5, 0.6) is 0 Å². The Balaban J connectivity index is 0.000000640. The summed E-state index contributed by atoms with van der Waals surface area (Å²) in [5.41, 5.74) is 0. The topological polar surface area (TPSA) is 12.0 Å². The molecule has 1 nitrogen and oxygen atoms in total. The predicted octanol–water partition coefficient (Wildman–Crippen LogP) is 1.87. The van der Waals surface area contributed by atoms with Crippen molar-refractivity contribution in [3.63, 3.8) is 0 Å². The summed E-state index contributed by atoms with van der Waals surface area (Å²) in [6.07, 6.45) is 2.62. The lowest BCUT2D eigenvalue weighted by atomic mass is 10.4. The largest absolute Gasteiger partial charge is 0.305 e. The molecule has 0 radical (unpaired) electrons. The van der Waals surface area contributed by atoms with E-state index < -0.39 is 0 Å². The van der Waals surface area contributed by atoms with Gasteiger partial charge in [-0.05, 0) is 25.1 Å². The Bertz CT molecular complexity index is 64.1. The minimum Gasteiger partial charge on any atom is -0.305 e. The van der Waals surface area contributed by atoms with Gasteiger partial charge in [0, 0.05) is 0 Å². The molecule has 0 aromatic rings. The summed E-state index contributed by atoms with van der Waals surface area (Å²) in [6, 6.07) is 0. The Kier molecular flexibility index (Phi) is 5.75. The van der Waals surface area contributed by atoms with Crippen LogP contribution in [0, 0.1) is 0 Å². The van der Waals surface area contributed by atoms with Gasteiger partial charge in [-0.25, -0.2) is 0 Å². The van der Waals surface area contributed by atoms with E-state index in [4.69, 9.17) is 0 Å². The molecule has 0 aliphatic carbocycles. The number of thioether (sulfide) groups is 1. The van der Waals surface area contributed by atoms with E-state index in [0.717, 1.165) is 5.37 Å². The average Bonchev–Trinajstić information content (AvgIpc) is 1.90. The second-order valence-electron chi connectivity index (χ2n) is 2.08. The van der Waals surface area contributed by atoms with Crippen LogP contribution in [0.3, 0.4) is 0 Å². The van der Waals surface area contributed by atoms with Crippen molar-refractivity contribution < 1.29 is 0 Å². The van der Waals surface area contributed by atoms with E-state index in [9.17, 15) is 0 Å². The van der Waals surface area contributed by atoms with Gasteiger partial charge < -0.3 is 5.32 Å². The molecule has 1 aliphatic rings. The minimum atomic E-state index is 0. The quantitative estimate of drug-likeness (QED) is 0.640. The molecule has 1 fully saturated rings. The van der Waals surface area contributed by atoms with Crippen LogP contribution >= 0.6 is 24.2 Å². The third-order valence-electron chi connectivity index (χ3n) is 1.38. The third-order valence-corrected chi connectivity index (χ3v) is 2.81. The monoisotopic (exact) mass is 167 g/mol. The van der Waals surface area contributed by atoms with Crippen molar-refractivity contribution in [2.45, 2.75) is 25.1 Å². The van der Waals surface area contributed by atoms with Gasteiger partial charge >= 0.3 is 0 Å². The van der Waals surface area contributed by atoms with Gasteiger partial charge in [-0.3, -0.25) is 0 Å². The molecule has 1 N–H and O–H groups in total. The number of hydrogen-bond acceptors (Lipinski definition) is 2. The molecule has 1 rings (SSSR count). The molecule has 56 valence electrons. The highest BCUT2D eigenvalue weighted by molar-refractivity contribution is 7.99. The van der Waals surface area contributed by atoms with Crippen LogP contribution in [0.15, 0.2) is 0 Å². The first-order chi connectivity index (χ1) is 3.93. The van der Waals surface area contributed by atoms with E-state index in [1.807, 2.05) is 0 Å². The van der Waals surface area contributed by atoms with Gasteiger partial charge in [-0.2, -0.15) is 0 Å². The van der Waals surface area contributed by atoms with E-state index in [0.29, 0.717) is 0 Å². The molecule has 1 heterocycles. The van der Waals surface area contributed by atoms with Crippen LogP contribution in [0.2, 0.25) is 0 Å². The van der Waals surface area contributed by atoms with Gasteiger partial charge in [0.2, 0.25) is 0 Å². The Morgan fingerprint density at radius 1 is 1.67 bits per heavy atom. The molecule has 0 amide bonds. The molecule has 0 spiro atoms. The van der Waals surface area contributed by atoms with Crippen LogP contribution in [-0.4, -0.2) is 17.7 Å². The zero-order valence-corrected chi connectivity index (χ0v) is 7.36. The highest BCUT2D eigenvalue weighted by Crippen LogP contribution is 2.15. The molecule has 0 aromatic heterocycles. The summed E-state index contributed by atoms with van der Waals surface area (Å²) in [5, 5.41) is 4.19. The Morgan fingerprint density at radius 2 is 2.44 bits per heavy atom. The van der Waals surface area contributed by atoms with E-state index in [1.165, 1.54) is 25.1 Å². The van der Waals surface area contributed by atoms with Gasteiger partial charge in [-0.1, -0.05) is 6.92 Å². The van der Waals surface area contributed by atoms with Crippen LogP contribution in [0.1, 0.15) is 19.8 Å². The molecular formula is C6H14ClNS. The molecular weight excluding hydrogens is 154 g/mol. The lowest BCUT2D eigenvalue weighted by molar-refractivity contribution is 0.607. The normalized spacial score (nSPS) is 27.0. The summed E-state index contributed by atoms with van der Waals surface area (Å²) in [4.78, 5) is 0. The molecule has 1 atom stereocenters. The van der Waals surface area contributed by atoms with E-state index in [2.05, 4.69) is 24.0 Å². The van der Waals surface area contributed by atoms with Gasteiger partial charge in [0.1, 0.15) is 0 Å².